The molecule has 0 unspecified atom stereocenters. The molecular formula is C19H20N2O2S. The van der Waals surface area contributed by atoms with Crippen molar-refractivity contribution in [2.45, 2.75) is 27.4 Å². The molecule has 0 saturated carbocycles. The first-order chi connectivity index (χ1) is 11.6. The molecule has 1 amide bonds. The van der Waals surface area contributed by atoms with Crippen LogP contribution in [-0.2, 0) is 11.4 Å². The highest BCUT2D eigenvalue weighted by atomic mass is 32.1. The molecule has 2 aromatic carbocycles. The summed E-state index contributed by atoms with van der Waals surface area (Å²) in [6, 6.07) is 13.9. The molecule has 0 bridgehead atoms. The molecule has 4 nitrogen and oxygen atoms in total. The van der Waals surface area contributed by atoms with Gasteiger partial charge in [0.05, 0.1) is 10.2 Å². The fourth-order valence-electron chi connectivity index (χ4n) is 2.71. The third-order valence-electron chi connectivity index (χ3n) is 3.86. The van der Waals surface area contributed by atoms with Gasteiger partial charge in [-0.1, -0.05) is 12.1 Å². The van der Waals surface area contributed by atoms with Crippen LogP contribution in [0, 0.1) is 6.92 Å². The fourth-order valence-corrected chi connectivity index (χ4v) is 3.59. The van der Waals surface area contributed by atoms with Gasteiger partial charge in [0.2, 0.25) is 5.91 Å². The van der Waals surface area contributed by atoms with Crippen molar-refractivity contribution < 1.29 is 9.53 Å². The van der Waals surface area contributed by atoms with Crippen LogP contribution in [0.1, 0.15) is 24.4 Å². The zero-order valence-electron chi connectivity index (χ0n) is 14.1. The smallest absolute Gasteiger partial charge is 0.223 e. The second-order valence-electron chi connectivity index (χ2n) is 5.58. The number of thiazole rings is 1. The zero-order chi connectivity index (χ0) is 17.1. The molecule has 1 heterocycles. The number of aromatic nitrogens is 1. The second kappa shape index (κ2) is 7.01. The lowest BCUT2D eigenvalue weighted by Gasteiger charge is -2.21. The quantitative estimate of drug-likeness (QED) is 0.684. The van der Waals surface area contributed by atoms with Crippen LogP contribution in [0.5, 0.6) is 5.75 Å². The highest BCUT2D eigenvalue weighted by Crippen LogP contribution is 2.27. The van der Waals surface area contributed by atoms with Gasteiger partial charge >= 0.3 is 0 Å². The van der Waals surface area contributed by atoms with E-state index in [4.69, 9.17) is 4.74 Å². The van der Waals surface area contributed by atoms with Crippen LogP contribution >= 0.6 is 11.3 Å². The van der Waals surface area contributed by atoms with Gasteiger partial charge in [0.25, 0.3) is 0 Å². The summed E-state index contributed by atoms with van der Waals surface area (Å²) in [6.45, 7) is 6.65. The molecule has 0 aliphatic heterocycles. The number of amides is 1. The summed E-state index contributed by atoms with van der Waals surface area (Å²) < 4.78 is 7.04. The largest absolute Gasteiger partial charge is 0.486 e. The number of nitrogens with zero attached hydrogens (tertiary/aromatic N) is 2. The van der Waals surface area contributed by atoms with Gasteiger partial charge in [-0.15, -0.1) is 11.3 Å². The Bertz CT molecular complexity index is 840. The van der Waals surface area contributed by atoms with E-state index in [1.807, 2.05) is 50.2 Å². The minimum absolute atomic E-state index is 0.0451. The van der Waals surface area contributed by atoms with Crippen molar-refractivity contribution in [3.63, 3.8) is 0 Å². The Balaban J connectivity index is 1.73. The van der Waals surface area contributed by atoms with Crippen LogP contribution in [0.25, 0.3) is 10.2 Å². The molecule has 3 aromatic rings. The maximum atomic E-state index is 11.7. The number of rotatable bonds is 5. The van der Waals surface area contributed by atoms with Crippen LogP contribution in [-0.4, -0.2) is 17.4 Å². The number of carbonyl (C=O) groups excluding carboxylic acids is 1. The lowest BCUT2D eigenvalue weighted by molar-refractivity contribution is -0.116. The Kier molecular flexibility index (Phi) is 4.81. The maximum Gasteiger partial charge on any atom is 0.223 e. The Hall–Kier alpha value is -2.40. The van der Waals surface area contributed by atoms with E-state index in [1.54, 1.807) is 23.2 Å². The monoisotopic (exact) mass is 340 g/mol. The molecule has 0 aliphatic rings. The number of para-hydroxylation sites is 1. The maximum absolute atomic E-state index is 11.7. The average molecular weight is 340 g/mol. The number of carbonyl (C=O) groups is 1. The van der Waals surface area contributed by atoms with E-state index in [0.29, 0.717) is 13.2 Å². The first kappa shape index (κ1) is 16.5. The second-order valence-corrected chi connectivity index (χ2v) is 6.69. The number of fused-ring (bicyclic) bond motifs is 1. The number of aryl methyl sites for hydroxylation is 1. The lowest BCUT2D eigenvalue weighted by Crippen LogP contribution is -2.28. The van der Waals surface area contributed by atoms with Crippen molar-refractivity contribution >= 4 is 33.1 Å². The molecule has 0 aliphatic carbocycles. The van der Waals surface area contributed by atoms with Gasteiger partial charge in [-0.2, -0.15) is 0 Å². The number of ether oxygens (including phenoxy) is 1. The molecule has 0 radical (unpaired) electrons. The molecular weight excluding hydrogens is 320 g/mol. The lowest BCUT2D eigenvalue weighted by atomic mass is 10.1. The molecule has 0 N–H and O–H groups in total. The summed E-state index contributed by atoms with van der Waals surface area (Å²) in [6.07, 6.45) is 0. The molecule has 24 heavy (non-hydrogen) atoms. The van der Waals surface area contributed by atoms with Gasteiger partial charge in [0, 0.05) is 19.2 Å². The summed E-state index contributed by atoms with van der Waals surface area (Å²) in [5, 5.41) is 0.955. The highest BCUT2D eigenvalue weighted by Gasteiger charge is 2.12. The molecule has 0 fully saturated rings. The van der Waals surface area contributed by atoms with E-state index in [-0.39, 0.29) is 5.91 Å². The molecule has 5 heteroatoms. The Morgan fingerprint density at radius 2 is 2.04 bits per heavy atom. The van der Waals surface area contributed by atoms with Crippen LogP contribution in [0.2, 0.25) is 0 Å². The average Bonchev–Trinajstić information content (AvgIpc) is 2.98. The van der Waals surface area contributed by atoms with Crippen LogP contribution in [0.3, 0.4) is 0 Å². The first-order valence-electron chi connectivity index (χ1n) is 7.94. The molecule has 0 atom stereocenters. The Morgan fingerprint density at radius 1 is 1.25 bits per heavy atom. The van der Waals surface area contributed by atoms with Crippen molar-refractivity contribution in [3.8, 4) is 5.75 Å². The van der Waals surface area contributed by atoms with E-state index in [1.165, 1.54) is 4.70 Å². The molecule has 124 valence electrons. The van der Waals surface area contributed by atoms with E-state index >= 15 is 0 Å². The number of hydrogen-bond acceptors (Lipinski definition) is 4. The topological polar surface area (TPSA) is 42.4 Å². The van der Waals surface area contributed by atoms with Crippen molar-refractivity contribution in [3.05, 3.63) is 53.0 Å². The normalized spacial score (nSPS) is 10.8. The van der Waals surface area contributed by atoms with Gasteiger partial charge < -0.3 is 9.64 Å². The zero-order valence-corrected chi connectivity index (χ0v) is 14.9. The van der Waals surface area contributed by atoms with Crippen molar-refractivity contribution in [1.29, 1.82) is 0 Å². The molecule has 0 spiro atoms. The Labute approximate surface area is 145 Å². The van der Waals surface area contributed by atoms with Crippen molar-refractivity contribution in [1.82, 2.24) is 4.98 Å². The third-order valence-corrected chi connectivity index (χ3v) is 4.87. The molecule has 1 aromatic heterocycles. The van der Waals surface area contributed by atoms with Crippen molar-refractivity contribution in [2.75, 3.05) is 11.4 Å². The predicted molar refractivity (Wildman–Crippen MR) is 98.8 cm³/mol. The van der Waals surface area contributed by atoms with Crippen LogP contribution < -0.4 is 9.64 Å². The summed E-state index contributed by atoms with van der Waals surface area (Å²) in [5.74, 6) is 0.832. The summed E-state index contributed by atoms with van der Waals surface area (Å²) >= 11 is 1.65. The molecule has 0 saturated heterocycles. The van der Waals surface area contributed by atoms with Gasteiger partial charge in [-0.05, 0) is 49.7 Å². The van der Waals surface area contributed by atoms with E-state index < -0.39 is 0 Å². The number of hydrogen-bond donors (Lipinski definition) is 0. The minimum atomic E-state index is 0.0451. The van der Waals surface area contributed by atoms with Gasteiger partial charge in [-0.25, -0.2) is 4.98 Å². The summed E-state index contributed by atoms with van der Waals surface area (Å²) in [7, 11) is 0. The predicted octanol–water partition coefficient (Wildman–Crippen LogP) is 4.56. The van der Waals surface area contributed by atoms with E-state index in [2.05, 4.69) is 11.1 Å². The number of anilines is 1. The van der Waals surface area contributed by atoms with E-state index in [0.717, 1.165) is 27.5 Å². The number of benzene rings is 2. The van der Waals surface area contributed by atoms with E-state index in [9.17, 15) is 4.79 Å². The van der Waals surface area contributed by atoms with Crippen molar-refractivity contribution in [2.24, 2.45) is 0 Å². The standard InChI is InChI=1S/C19H20N2O2S/c1-4-21(14(3)22)17-10-9-15(11-13(17)2)23-12-19-20-16-7-5-6-8-18(16)24-19/h5-11H,4,12H2,1-3H3. The van der Waals surface area contributed by atoms with Crippen LogP contribution in [0.4, 0.5) is 5.69 Å². The highest BCUT2D eigenvalue weighted by molar-refractivity contribution is 7.18. The minimum Gasteiger partial charge on any atom is -0.486 e. The molecule has 3 rings (SSSR count). The van der Waals surface area contributed by atoms with Gasteiger partial charge in [-0.3, -0.25) is 4.79 Å². The summed E-state index contributed by atoms with van der Waals surface area (Å²) in [5.41, 5.74) is 2.96. The third kappa shape index (κ3) is 3.41. The SMILES string of the molecule is CCN(C(C)=O)c1ccc(OCc2nc3ccccc3s2)cc1C. The first-order valence-corrected chi connectivity index (χ1v) is 8.76. The summed E-state index contributed by atoms with van der Waals surface area (Å²) in [4.78, 5) is 18.0. The fraction of sp³-hybridized carbons (Fsp3) is 0.263. The van der Waals surface area contributed by atoms with Gasteiger partial charge in [0.15, 0.2) is 0 Å². The van der Waals surface area contributed by atoms with Gasteiger partial charge in [0.1, 0.15) is 17.4 Å². The van der Waals surface area contributed by atoms with Crippen LogP contribution in [0.15, 0.2) is 42.5 Å². The Morgan fingerprint density at radius 3 is 2.71 bits per heavy atom.